The molecule has 1 aliphatic rings. The molecule has 1 aliphatic heterocycles. The lowest BCUT2D eigenvalue weighted by atomic mass is 10.1. The van der Waals surface area contributed by atoms with Crippen LogP contribution in [0.15, 0.2) is 24.3 Å². The minimum absolute atomic E-state index is 0.0433. The fourth-order valence-corrected chi connectivity index (χ4v) is 2.13. The fourth-order valence-electron chi connectivity index (χ4n) is 2.13. The summed E-state index contributed by atoms with van der Waals surface area (Å²) in [5.74, 6) is -0.321. The molecule has 3 nitrogen and oxygen atoms in total. The quantitative estimate of drug-likeness (QED) is 0.839. The summed E-state index contributed by atoms with van der Waals surface area (Å²) >= 11 is 0. The largest absolute Gasteiger partial charge is 0.348 e. The summed E-state index contributed by atoms with van der Waals surface area (Å²) < 4.78 is 13.5. The second-order valence-electron chi connectivity index (χ2n) is 4.40. The molecule has 0 aliphatic carbocycles. The molecule has 0 saturated carbocycles. The molecule has 2 N–H and O–H groups in total. The molecule has 17 heavy (non-hydrogen) atoms. The van der Waals surface area contributed by atoms with E-state index in [1.54, 1.807) is 25.1 Å². The minimum atomic E-state index is -0.300. The van der Waals surface area contributed by atoms with E-state index in [4.69, 9.17) is 0 Å². The number of halogens is 1. The van der Waals surface area contributed by atoms with E-state index in [-0.39, 0.29) is 23.8 Å². The highest BCUT2D eigenvalue weighted by Crippen LogP contribution is 2.16. The minimum Gasteiger partial charge on any atom is -0.348 e. The van der Waals surface area contributed by atoms with Crippen molar-refractivity contribution in [2.45, 2.75) is 31.8 Å². The Hall–Kier alpha value is -1.42. The molecule has 0 spiro atoms. The Morgan fingerprint density at radius 3 is 2.94 bits per heavy atom. The molecular weight excluding hydrogens is 219 g/mol. The maximum Gasteiger partial charge on any atom is 0.237 e. The molecule has 4 heteroatoms. The molecule has 1 unspecified atom stereocenters. The molecule has 1 aromatic carbocycles. The third kappa shape index (κ3) is 2.82. The Bertz CT molecular complexity index is 402. The van der Waals surface area contributed by atoms with Crippen molar-refractivity contribution in [3.63, 3.8) is 0 Å². The molecule has 0 bridgehead atoms. The number of nitrogens with one attached hydrogen (secondary N) is 2. The highest BCUT2D eigenvalue weighted by atomic mass is 19.1. The highest BCUT2D eigenvalue weighted by Gasteiger charge is 2.23. The van der Waals surface area contributed by atoms with Crippen LogP contribution >= 0.6 is 0 Å². The predicted octanol–water partition coefficient (Wildman–Crippen LogP) is 1.75. The van der Waals surface area contributed by atoms with Crippen LogP contribution in [0.2, 0.25) is 0 Å². The summed E-state index contributed by atoms with van der Waals surface area (Å²) in [7, 11) is 0. The second kappa shape index (κ2) is 5.27. The van der Waals surface area contributed by atoms with Gasteiger partial charge in [0.1, 0.15) is 5.82 Å². The summed E-state index contributed by atoms with van der Waals surface area (Å²) in [5, 5.41) is 5.96. The van der Waals surface area contributed by atoms with Crippen molar-refractivity contribution < 1.29 is 9.18 Å². The van der Waals surface area contributed by atoms with Crippen LogP contribution in [0.5, 0.6) is 0 Å². The monoisotopic (exact) mass is 236 g/mol. The number of rotatable bonds is 3. The number of hydrogen-bond donors (Lipinski definition) is 2. The van der Waals surface area contributed by atoms with Gasteiger partial charge in [0.15, 0.2) is 0 Å². The van der Waals surface area contributed by atoms with Gasteiger partial charge < -0.3 is 10.6 Å². The zero-order valence-electron chi connectivity index (χ0n) is 9.87. The third-order valence-corrected chi connectivity index (χ3v) is 3.11. The Morgan fingerprint density at radius 1 is 1.53 bits per heavy atom. The van der Waals surface area contributed by atoms with Gasteiger partial charge in [0, 0.05) is 5.56 Å². The molecule has 0 aromatic heterocycles. The van der Waals surface area contributed by atoms with Crippen LogP contribution in [0.3, 0.4) is 0 Å². The van der Waals surface area contributed by atoms with Gasteiger partial charge in [0.2, 0.25) is 5.91 Å². The molecular formula is C13H17FN2O. The van der Waals surface area contributed by atoms with E-state index >= 15 is 0 Å². The molecule has 1 saturated heterocycles. The van der Waals surface area contributed by atoms with Crippen molar-refractivity contribution in [2.75, 3.05) is 6.54 Å². The lowest BCUT2D eigenvalue weighted by molar-refractivity contribution is -0.123. The van der Waals surface area contributed by atoms with Gasteiger partial charge in [0.05, 0.1) is 12.1 Å². The summed E-state index contributed by atoms with van der Waals surface area (Å²) in [6.45, 7) is 2.68. The van der Waals surface area contributed by atoms with Crippen molar-refractivity contribution in [3.05, 3.63) is 35.6 Å². The molecule has 1 aromatic rings. The van der Waals surface area contributed by atoms with E-state index in [0.717, 1.165) is 19.4 Å². The van der Waals surface area contributed by atoms with Crippen LogP contribution in [0.1, 0.15) is 31.4 Å². The Morgan fingerprint density at radius 2 is 2.29 bits per heavy atom. The Labute approximate surface area is 100 Å². The summed E-state index contributed by atoms with van der Waals surface area (Å²) in [4.78, 5) is 11.8. The molecule has 1 fully saturated rings. The van der Waals surface area contributed by atoms with Crippen molar-refractivity contribution >= 4 is 5.91 Å². The first kappa shape index (κ1) is 12.0. The maximum absolute atomic E-state index is 13.5. The SMILES string of the molecule is C[C@@H](NC(=O)C1CCCN1)c1ccccc1F. The second-order valence-corrected chi connectivity index (χ2v) is 4.40. The molecule has 1 heterocycles. The first-order valence-electron chi connectivity index (χ1n) is 5.96. The Kier molecular flexibility index (Phi) is 3.74. The number of carbonyl (C=O) groups excluding carboxylic acids is 1. The lowest BCUT2D eigenvalue weighted by Crippen LogP contribution is -2.41. The maximum atomic E-state index is 13.5. The van der Waals surface area contributed by atoms with Crippen LogP contribution in [0.25, 0.3) is 0 Å². The van der Waals surface area contributed by atoms with Crippen LogP contribution in [0, 0.1) is 5.82 Å². The average Bonchev–Trinajstić information content (AvgIpc) is 2.82. The molecule has 2 rings (SSSR count). The first-order chi connectivity index (χ1) is 8.18. The molecule has 0 radical (unpaired) electrons. The molecule has 92 valence electrons. The van der Waals surface area contributed by atoms with Crippen LogP contribution in [0.4, 0.5) is 4.39 Å². The van der Waals surface area contributed by atoms with Crippen molar-refractivity contribution in [2.24, 2.45) is 0 Å². The normalized spacial score (nSPS) is 21.2. The van der Waals surface area contributed by atoms with E-state index in [0.29, 0.717) is 5.56 Å². The number of hydrogen-bond acceptors (Lipinski definition) is 2. The zero-order chi connectivity index (χ0) is 12.3. The van der Waals surface area contributed by atoms with Gasteiger partial charge >= 0.3 is 0 Å². The molecule has 1 amide bonds. The van der Waals surface area contributed by atoms with Crippen LogP contribution < -0.4 is 10.6 Å². The topological polar surface area (TPSA) is 41.1 Å². The smallest absolute Gasteiger partial charge is 0.237 e. The van der Waals surface area contributed by atoms with Gasteiger partial charge in [-0.25, -0.2) is 4.39 Å². The van der Waals surface area contributed by atoms with Gasteiger partial charge in [-0.15, -0.1) is 0 Å². The standard InChI is InChI=1S/C13H17FN2O/c1-9(10-5-2-3-6-11(10)14)16-13(17)12-7-4-8-15-12/h2-3,5-6,9,12,15H,4,7-8H2,1H3,(H,16,17)/t9-,12?/m1/s1. The van der Waals surface area contributed by atoms with E-state index in [1.165, 1.54) is 6.07 Å². The van der Waals surface area contributed by atoms with Crippen molar-refractivity contribution in [3.8, 4) is 0 Å². The highest BCUT2D eigenvalue weighted by molar-refractivity contribution is 5.82. The zero-order valence-corrected chi connectivity index (χ0v) is 9.87. The van der Waals surface area contributed by atoms with Crippen molar-refractivity contribution in [1.82, 2.24) is 10.6 Å². The van der Waals surface area contributed by atoms with E-state index in [2.05, 4.69) is 10.6 Å². The first-order valence-corrected chi connectivity index (χ1v) is 5.96. The number of amides is 1. The third-order valence-electron chi connectivity index (χ3n) is 3.11. The average molecular weight is 236 g/mol. The van der Waals surface area contributed by atoms with Gasteiger partial charge in [-0.1, -0.05) is 18.2 Å². The van der Waals surface area contributed by atoms with E-state index in [1.807, 2.05) is 0 Å². The van der Waals surface area contributed by atoms with E-state index in [9.17, 15) is 9.18 Å². The van der Waals surface area contributed by atoms with Gasteiger partial charge in [-0.3, -0.25) is 4.79 Å². The van der Waals surface area contributed by atoms with Crippen LogP contribution in [-0.2, 0) is 4.79 Å². The van der Waals surface area contributed by atoms with Gasteiger partial charge in [-0.2, -0.15) is 0 Å². The summed E-state index contributed by atoms with van der Waals surface area (Å²) in [6, 6.07) is 6.10. The summed E-state index contributed by atoms with van der Waals surface area (Å²) in [5.41, 5.74) is 0.527. The Balaban J connectivity index is 1.99. The lowest BCUT2D eigenvalue weighted by Gasteiger charge is -2.18. The molecule has 2 atom stereocenters. The fraction of sp³-hybridized carbons (Fsp3) is 0.462. The van der Waals surface area contributed by atoms with Gasteiger partial charge in [0.25, 0.3) is 0 Å². The van der Waals surface area contributed by atoms with Crippen LogP contribution in [-0.4, -0.2) is 18.5 Å². The number of carbonyl (C=O) groups is 1. The van der Waals surface area contributed by atoms with Crippen molar-refractivity contribution in [1.29, 1.82) is 0 Å². The van der Waals surface area contributed by atoms with Gasteiger partial charge in [-0.05, 0) is 32.4 Å². The van der Waals surface area contributed by atoms with E-state index < -0.39 is 0 Å². The number of benzene rings is 1. The predicted molar refractivity (Wildman–Crippen MR) is 64.0 cm³/mol. The summed E-state index contributed by atoms with van der Waals surface area (Å²) in [6.07, 6.45) is 1.88.